The summed E-state index contributed by atoms with van der Waals surface area (Å²) in [6.45, 7) is 1.38. The summed E-state index contributed by atoms with van der Waals surface area (Å²) in [5.41, 5.74) is 1.31. The van der Waals surface area contributed by atoms with Gasteiger partial charge in [0.15, 0.2) is 0 Å². The van der Waals surface area contributed by atoms with Crippen LogP contribution in [0.3, 0.4) is 0 Å². The van der Waals surface area contributed by atoms with Crippen molar-refractivity contribution in [2.45, 2.75) is 24.1 Å². The minimum absolute atomic E-state index is 0.188. The Morgan fingerprint density at radius 3 is 2.58 bits per heavy atom. The molecule has 0 aliphatic heterocycles. The number of amides is 2. The van der Waals surface area contributed by atoms with Crippen molar-refractivity contribution in [2.75, 3.05) is 10.6 Å². The number of nitrogens with one attached hydrogen (secondary N) is 2. The molecule has 3 aromatic rings. The van der Waals surface area contributed by atoms with Crippen molar-refractivity contribution in [3.63, 3.8) is 0 Å². The zero-order chi connectivity index (χ0) is 24.0. The predicted molar refractivity (Wildman–Crippen MR) is 118 cm³/mol. The quantitative estimate of drug-likeness (QED) is 0.418. The van der Waals surface area contributed by atoms with E-state index in [1.807, 2.05) is 0 Å². The van der Waals surface area contributed by atoms with Gasteiger partial charge in [0.05, 0.1) is 10.6 Å². The van der Waals surface area contributed by atoms with Crippen molar-refractivity contribution < 1.29 is 27.5 Å². The molecule has 0 aliphatic rings. The summed E-state index contributed by atoms with van der Waals surface area (Å²) in [5, 5.41) is 5.32. The molecule has 2 amide bonds. The van der Waals surface area contributed by atoms with Crippen molar-refractivity contribution in [3.8, 4) is 5.75 Å². The first-order chi connectivity index (χ1) is 15.6. The zero-order valence-electron chi connectivity index (χ0n) is 16.9. The zero-order valence-corrected chi connectivity index (χ0v) is 18.5. The van der Waals surface area contributed by atoms with Gasteiger partial charge in [-0.05, 0) is 48.0 Å². The largest absolute Gasteiger partial charge is 0.573 e. The minimum atomic E-state index is -4.88. The predicted octanol–water partition coefficient (Wildman–Crippen LogP) is 5.53. The number of pyridine rings is 2. The molecule has 0 spiro atoms. The Kier molecular flexibility index (Phi) is 7.77. The summed E-state index contributed by atoms with van der Waals surface area (Å²) in [4.78, 5) is 32.3. The van der Waals surface area contributed by atoms with Gasteiger partial charge >= 0.3 is 6.36 Å². The molecule has 0 radical (unpaired) electrons. The van der Waals surface area contributed by atoms with Crippen LogP contribution in [0.25, 0.3) is 0 Å². The number of carbonyl (C=O) groups is 2. The monoisotopic (exact) mass is 496 g/mol. The molecule has 0 saturated heterocycles. The van der Waals surface area contributed by atoms with E-state index in [0.717, 1.165) is 17.7 Å². The van der Waals surface area contributed by atoms with Crippen LogP contribution in [0.4, 0.5) is 24.7 Å². The molecular weight excluding hydrogens is 481 g/mol. The fraction of sp³-hybridized carbons (Fsp3) is 0.143. The van der Waals surface area contributed by atoms with Crippen LogP contribution in [-0.4, -0.2) is 28.1 Å². The third-order valence-corrected chi connectivity index (χ3v) is 5.31. The number of hydrogen-bond donors (Lipinski definition) is 2. The van der Waals surface area contributed by atoms with E-state index in [9.17, 15) is 22.8 Å². The number of benzene rings is 1. The SMILES string of the molecule is CC(=O)Nc1cc(CSc2ncccc2C(=O)Nc2ccc(OC(F)(F)F)c(Cl)c2)ccn1. The number of alkyl halides is 3. The van der Waals surface area contributed by atoms with E-state index in [4.69, 9.17) is 11.6 Å². The molecule has 0 aliphatic carbocycles. The van der Waals surface area contributed by atoms with E-state index in [0.29, 0.717) is 16.6 Å². The first-order valence-electron chi connectivity index (χ1n) is 9.28. The number of halogens is 4. The molecule has 1 aromatic carbocycles. The summed E-state index contributed by atoms with van der Waals surface area (Å²) in [7, 11) is 0. The lowest BCUT2D eigenvalue weighted by atomic mass is 10.2. The maximum absolute atomic E-state index is 12.8. The molecule has 0 atom stereocenters. The average Bonchev–Trinajstić information content (AvgIpc) is 2.73. The minimum Gasteiger partial charge on any atom is -0.404 e. The van der Waals surface area contributed by atoms with Crippen LogP contribution in [0.1, 0.15) is 22.8 Å². The van der Waals surface area contributed by atoms with E-state index >= 15 is 0 Å². The molecule has 172 valence electrons. The van der Waals surface area contributed by atoms with E-state index < -0.39 is 18.0 Å². The van der Waals surface area contributed by atoms with Crippen LogP contribution in [-0.2, 0) is 10.5 Å². The maximum Gasteiger partial charge on any atom is 0.573 e. The Bertz CT molecular complexity index is 1180. The molecule has 2 heterocycles. The Labute approximate surface area is 195 Å². The van der Waals surface area contributed by atoms with Gasteiger partial charge in [0.1, 0.15) is 16.6 Å². The smallest absolute Gasteiger partial charge is 0.404 e. The summed E-state index contributed by atoms with van der Waals surface area (Å²) < 4.78 is 41.0. The molecule has 33 heavy (non-hydrogen) atoms. The Morgan fingerprint density at radius 2 is 1.88 bits per heavy atom. The van der Waals surface area contributed by atoms with E-state index in [1.165, 1.54) is 30.9 Å². The fourth-order valence-corrected chi connectivity index (χ4v) is 3.78. The fourth-order valence-electron chi connectivity index (χ4n) is 2.63. The molecule has 0 fully saturated rings. The van der Waals surface area contributed by atoms with Crippen LogP contribution in [0.2, 0.25) is 5.02 Å². The number of thioether (sulfide) groups is 1. The number of anilines is 2. The topological polar surface area (TPSA) is 93.2 Å². The first-order valence-corrected chi connectivity index (χ1v) is 10.6. The van der Waals surface area contributed by atoms with Crippen LogP contribution in [0, 0.1) is 0 Å². The number of carbonyl (C=O) groups excluding carboxylic acids is 2. The number of nitrogens with zero attached hydrogens (tertiary/aromatic N) is 2. The van der Waals surface area contributed by atoms with Crippen molar-refractivity contribution in [3.05, 3.63) is 71.0 Å². The van der Waals surface area contributed by atoms with Crippen molar-refractivity contribution in [2.24, 2.45) is 0 Å². The standard InChI is InChI=1S/C21H16ClF3N4O3S/c1-12(30)28-18-9-13(6-8-26-18)11-33-20-15(3-2-7-27-20)19(31)29-14-4-5-17(16(22)10-14)32-21(23,24)25/h2-10H,11H2,1H3,(H,29,31)(H,26,28,30). The second kappa shape index (κ2) is 10.5. The number of rotatable bonds is 7. The molecule has 2 aromatic heterocycles. The van der Waals surface area contributed by atoms with Gasteiger partial charge in [0, 0.05) is 30.8 Å². The van der Waals surface area contributed by atoms with Crippen LogP contribution >= 0.6 is 23.4 Å². The van der Waals surface area contributed by atoms with Crippen molar-refractivity contribution in [1.29, 1.82) is 0 Å². The van der Waals surface area contributed by atoms with Gasteiger partial charge in [0.25, 0.3) is 5.91 Å². The van der Waals surface area contributed by atoms with Gasteiger partial charge in [-0.3, -0.25) is 9.59 Å². The number of hydrogen-bond acceptors (Lipinski definition) is 6. The van der Waals surface area contributed by atoms with Crippen LogP contribution in [0.15, 0.2) is 59.9 Å². The highest BCUT2D eigenvalue weighted by Gasteiger charge is 2.32. The highest BCUT2D eigenvalue weighted by atomic mass is 35.5. The number of aromatic nitrogens is 2. The second-order valence-corrected chi connectivity index (χ2v) is 7.89. The highest BCUT2D eigenvalue weighted by Crippen LogP contribution is 2.32. The summed E-state index contributed by atoms with van der Waals surface area (Å²) in [6.07, 6.45) is -1.79. The lowest BCUT2D eigenvalue weighted by Gasteiger charge is -2.13. The molecule has 7 nitrogen and oxygen atoms in total. The summed E-state index contributed by atoms with van der Waals surface area (Å²) >= 11 is 7.13. The van der Waals surface area contributed by atoms with Crippen LogP contribution in [0.5, 0.6) is 5.75 Å². The lowest BCUT2D eigenvalue weighted by Crippen LogP contribution is -2.17. The van der Waals surface area contributed by atoms with Crippen LogP contribution < -0.4 is 15.4 Å². The van der Waals surface area contributed by atoms with Gasteiger partial charge in [-0.1, -0.05) is 11.6 Å². The number of ether oxygens (including phenoxy) is 1. The third kappa shape index (κ3) is 7.36. The summed E-state index contributed by atoms with van der Waals surface area (Å²) in [5.74, 6) is -0.471. The van der Waals surface area contributed by atoms with E-state index in [-0.39, 0.29) is 22.2 Å². The third-order valence-electron chi connectivity index (χ3n) is 3.94. The maximum atomic E-state index is 12.8. The molecular formula is C21H16ClF3N4O3S. The Hall–Kier alpha value is -3.31. The van der Waals surface area contributed by atoms with E-state index in [1.54, 1.807) is 30.5 Å². The van der Waals surface area contributed by atoms with Gasteiger partial charge in [-0.2, -0.15) is 0 Å². The highest BCUT2D eigenvalue weighted by molar-refractivity contribution is 7.98. The summed E-state index contributed by atoms with van der Waals surface area (Å²) in [6, 6.07) is 10.1. The van der Waals surface area contributed by atoms with Gasteiger partial charge in [-0.15, -0.1) is 24.9 Å². The Balaban J connectivity index is 1.70. The molecule has 12 heteroatoms. The second-order valence-electron chi connectivity index (χ2n) is 6.52. The molecule has 2 N–H and O–H groups in total. The van der Waals surface area contributed by atoms with Gasteiger partial charge in [-0.25, -0.2) is 9.97 Å². The lowest BCUT2D eigenvalue weighted by molar-refractivity contribution is -0.274. The normalized spacial score (nSPS) is 11.1. The first kappa shape index (κ1) is 24.3. The van der Waals surface area contributed by atoms with Crippen molar-refractivity contribution >= 4 is 46.7 Å². The van der Waals surface area contributed by atoms with Gasteiger partial charge < -0.3 is 15.4 Å². The molecule has 0 saturated carbocycles. The molecule has 0 unspecified atom stereocenters. The average molecular weight is 497 g/mol. The molecule has 0 bridgehead atoms. The van der Waals surface area contributed by atoms with E-state index in [2.05, 4.69) is 25.3 Å². The molecule has 3 rings (SSSR count). The Morgan fingerprint density at radius 1 is 1.09 bits per heavy atom. The van der Waals surface area contributed by atoms with Gasteiger partial charge in [0.2, 0.25) is 5.91 Å². The van der Waals surface area contributed by atoms with Crippen molar-refractivity contribution in [1.82, 2.24) is 9.97 Å².